The lowest BCUT2D eigenvalue weighted by atomic mass is 10.2. The third kappa shape index (κ3) is 4.17. The summed E-state index contributed by atoms with van der Waals surface area (Å²) in [7, 11) is 0. The summed E-state index contributed by atoms with van der Waals surface area (Å²) in [6, 6.07) is 7.08. The van der Waals surface area contributed by atoms with Crippen molar-refractivity contribution in [3.8, 4) is 11.9 Å². The Balaban J connectivity index is 2.06. The summed E-state index contributed by atoms with van der Waals surface area (Å²) in [6.45, 7) is 2.54. The van der Waals surface area contributed by atoms with Crippen molar-refractivity contribution in [1.82, 2.24) is 15.3 Å². The minimum atomic E-state index is -0.365. The molecule has 2 heterocycles. The van der Waals surface area contributed by atoms with E-state index in [0.717, 1.165) is 5.56 Å². The molecule has 0 spiro atoms. The number of pyridine rings is 2. The second-order valence-corrected chi connectivity index (χ2v) is 4.68. The van der Waals surface area contributed by atoms with Crippen LogP contribution < -0.4 is 15.8 Å². The Hall–Kier alpha value is -3.14. The van der Waals surface area contributed by atoms with Crippen LogP contribution in [0.2, 0.25) is 0 Å². The van der Waals surface area contributed by atoms with E-state index in [4.69, 9.17) is 15.7 Å². The van der Waals surface area contributed by atoms with E-state index in [9.17, 15) is 4.79 Å². The quantitative estimate of drug-likeness (QED) is 0.831. The van der Waals surface area contributed by atoms with Gasteiger partial charge in [0.05, 0.1) is 12.3 Å². The highest BCUT2D eigenvalue weighted by molar-refractivity contribution is 5.93. The fourth-order valence-corrected chi connectivity index (χ4v) is 1.97. The number of nitriles is 1. The van der Waals surface area contributed by atoms with Crippen molar-refractivity contribution in [1.29, 1.82) is 5.26 Å². The number of amides is 1. The smallest absolute Gasteiger partial charge is 0.270 e. The number of nitrogens with zero attached hydrogens (tertiary/aromatic N) is 3. The minimum absolute atomic E-state index is 0.0780. The van der Waals surface area contributed by atoms with Crippen LogP contribution in [-0.2, 0) is 6.42 Å². The summed E-state index contributed by atoms with van der Waals surface area (Å²) < 4.78 is 5.27. The lowest BCUT2D eigenvalue weighted by Gasteiger charge is -2.10. The van der Waals surface area contributed by atoms with E-state index in [1.165, 1.54) is 6.07 Å². The van der Waals surface area contributed by atoms with Crippen LogP contribution in [0.4, 0.5) is 5.69 Å². The predicted octanol–water partition coefficient (Wildman–Crippen LogP) is 1.30. The fourth-order valence-electron chi connectivity index (χ4n) is 1.97. The van der Waals surface area contributed by atoms with Crippen molar-refractivity contribution in [3.63, 3.8) is 0 Å². The number of aromatic nitrogens is 2. The van der Waals surface area contributed by atoms with Crippen LogP contribution in [0.25, 0.3) is 0 Å². The van der Waals surface area contributed by atoms with Gasteiger partial charge in [0.1, 0.15) is 17.3 Å². The predicted molar refractivity (Wildman–Crippen MR) is 84.8 cm³/mol. The number of carbonyl (C=O) groups is 1. The minimum Gasteiger partial charge on any atom is -0.477 e. The molecule has 0 aliphatic heterocycles. The van der Waals surface area contributed by atoms with Crippen LogP contribution in [0.15, 0.2) is 30.6 Å². The van der Waals surface area contributed by atoms with Gasteiger partial charge in [-0.2, -0.15) is 5.26 Å². The van der Waals surface area contributed by atoms with Crippen molar-refractivity contribution in [3.05, 3.63) is 47.4 Å². The first-order valence-electron chi connectivity index (χ1n) is 7.16. The monoisotopic (exact) mass is 311 g/mol. The molecule has 0 aliphatic carbocycles. The molecule has 3 N–H and O–H groups in total. The van der Waals surface area contributed by atoms with Crippen molar-refractivity contribution >= 4 is 11.6 Å². The van der Waals surface area contributed by atoms with Crippen LogP contribution in [0, 0.1) is 11.3 Å². The number of nitrogen functional groups attached to an aromatic ring is 1. The van der Waals surface area contributed by atoms with Gasteiger partial charge in [0, 0.05) is 18.9 Å². The molecule has 1 amide bonds. The number of hydrogen-bond acceptors (Lipinski definition) is 6. The van der Waals surface area contributed by atoms with Crippen molar-refractivity contribution in [2.45, 2.75) is 13.3 Å². The van der Waals surface area contributed by atoms with Gasteiger partial charge in [-0.05, 0) is 37.1 Å². The van der Waals surface area contributed by atoms with Gasteiger partial charge in [0.15, 0.2) is 0 Å². The maximum atomic E-state index is 12.2. The summed E-state index contributed by atoms with van der Waals surface area (Å²) in [5, 5.41) is 11.8. The van der Waals surface area contributed by atoms with Gasteiger partial charge in [0.2, 0.25) is 5.88 Å². The molecule has 2 aromatic rings. The Morgan fingerprint density at radius 2 is 2.17 bits per heavy atom. The molecule has 0 unspecified atom stereocenters. The van der Waals surface area contributed by atoms with E-state index in [0.29, 0.717) is 19.6 Å². The summed E-state index contributed by atoms with van der Waals surface area (Å²) in [6.07, 6.45) is 4.08. The highest BCUT2D eigenvalue weighted by Gasteiger charge is 2.16. The second kappa shape index (κ2) is 7.75. The Morgan fingerprint density at radius 1 is 1.43 bits per heavy atom. The Kier molecular flexibility index (Phi) is 5.47. The number of hydrogen-bond donors (Lipinski definition) is 2. The number of rotatable bonds is 6. The molecule has 2 aromatic heterocycles. The first-order chi connectivity index (χ1) is 11.2. The molecular weight excluding hydrogens is 294 g/mol. The Bertz CT molecular complexity index is 725. The lowest BCUT2D eigenvalue weighted by Crippen LogP contribution is -2.27. The zero-order valence-electron chi connectivity index (χ0n) is 12.7. The molecule has 0 bridgehead atoms. The maximum Gasteiger partial charge on any atom is 0.270 e. The third-order valence-corrected chi connectivity index (χ3v) is 3.09. The zero-order valence-corrected chi connectivity index (χ0v) is 12.7. The van der Waals surface area contributed by atoms with Crippen LogP contribution in [0.1, 0.15) is 28.5 Å². The van der Waals surface area contributed by atoms with E-state index < -0.39 is 0 Å². The van der Waals surface area contributed by atoms with Gasteiger partial charge < -0.3 is 15.8 Å². The fraction of sp³-hybridized carbons (Fsp3) is 0.250. The average Bonchev–Trinajstić information content (AvgIpc) is 2.56. The summed E-state index contributed by atoms with van der Waals surface area (Å²) in [4.78, 5) is 20.2. The number of nitrogens with two attached hydrogens (primary N) is 1. The summed E-state index contributed by atoms with van der Waals surface area (Å²) in [5.74, 6) is -0.287. The average molecular weight is 311 g/mol. The van der Waals surface area contributed by atoms with Crippen molar-refractivity contribution < 1.29 is 9.53 Å². The van der Waals surface area contributed by atoms with Gasteiger partial charge in [-0.25, -0.2) is 4.98 Å². The molecule has 0 radical (unpaired) electrons. The normalized spacial score (nSPS) is 9.91. The van der Waals surface area contributed by atoms with Crippen LogP contribution in [0.5, 0.6) is 5.88 Å². The molecule has 7 heteroatoms. The maximum absolute atomic E-state index is 12.2. The molecule has 2 rings (SSSR count). The Labute approximate surface area is 134 Å². The molecule has 0 saturated carbocycles. The Morgan fingerprint density at radius 3 is 2.83 bits per heavy atom. The molecular formula is C16H17N5O2. The van der Waals surface area contributed by atoms with Crippen LogP contribution in [0.3, 0.4) is 0 Å². The number of ether oxygens (including phenoxy) is 1. The number of anilines is 1. The summed E-state index contributed by atoms with van der Waals surface area (Å²) in [5.41, 5.74) is 7.30. The van der Waals surface area contributed by atoms with E-state index in [2.05, 4.69) is 15.3 Å². The van der Waals surface area contributed by atoms with E-state index in [1.807, 2.05) is 18.2 Å². The molecule has 0 saturated heterocycles. The topological polar surface area (TPSA) is 114 Å². The van der Waals surface area contributed by atoms with Crippen LogP contribution in [-0.4, -0.2) is 29.0 Å². The number of carbonyl (C=O) groups excluding carboxylic acids is 1. The molecule has 0 aromatic carbocycles. The molecule has 7 nitrogen and oxygen atoms in total. The SMILES string of the molecule is CCOc1nc(C(=O)NCCc2ccncc2)cc(N)c1C#N. The highest BCUT2D eigenvalue weighted by atomic mass is 16.5. The largest absolute Gasteiger partial charge is 0.477 e. The highest BCUT2D eigenvalue weighted by Crippen LogP contribution is 2.22. The van der Waals surface area contributed by atoms with Gasteiger partial charge in [0.25, 0.3) is 5.91 Å². The van der Waals surface area contributed by atoms with Gasteiger partial charge >= 0.3 is 0 Å². The first-order valence-corrected chi connectivity index (χ1v) is 7.16. The molecule has 0 fully saturated rings. The van der Waals surface area contributed by atoms with Crippen molar-refractivity contribution in [2.75, 3.05) is 18.9 Å². The van der Waals surface area contributed by atoms with E-state index in [1.54, 1.807) is 19.3 Å². The first kappa shape index (κ1) is 16.2. The van der Waals surface area contributed by atoms with Crippen molar-refractivity contribution in [2.24, 2.45) is 0 Å². The molecule has 0 aliphatic rings. The molecule has 23 heavy (non-hydrogen) atoms. The van der Waals surface area contributed by atoms with Gasteiger partial charge in [-0.3, -0.25) is 9.78 Å². The van der Waals surface area contributed by atoms with Crippen LogP contribution >= 0.6 is 0 Å². The number of nitrogens with one attached hydrogen (secondary N) is 1. The molecule has 118 valence electrons. The second-order valence-electron chi connectivity index (χ2n) is 4.68. The van der Waals surface area contributed by atoms with E-state index >= 15 is 0 Å². The van der Waals surface area contributed by atoms with Gasteiger partial charge in [-0.1, -0.05) is 0 Å². The standard InChI is InChI=1S/C16H17N5O2/c1-2-23-16-12(10-17)13(18)9-14(21-16)15(22)20-8-5-11-3-6-19-7-4-11/h3-4,6-7,9H,2,5,8H2,1H3,(H2,18,21)(H,20,22). The zero-order chi connectivity index (χ0) is 16.7. The third-order valence-electron chi connectivity index (χ3n) is 3.09. The lowest BCUT2D eigenvalue weighted by molar-refractivity contribution is 0.0948. The summed E-state index contributed by atoms with van der Waals surface area (Å²) >= 11 is 0. The van der Waals surface area contributed by atoms with Gasteiger partial charge in [-0.15, -0.1) is 0 Å². The van der Waals surface area contributed by atoms with E-state index in [-0.39, 0.29) is 28.7 Å². The molecule has 0 atom stereocenters.